The number of nitrogens with two attached hydrogens (primary N) is 1. The highest BCUT2D eigenvalue weighted by molar-refractivity contribution is 7.10. The molecule has 0 radical (unpaired) electrons. The van der Waals surface area contributed by atoms with Crippen molar-refractivity contribution in [1.29, 1.82) is 0 Å². The summed E-state index contributed by atoms with van der Waals surface area (Å²) in [7, 11) is 0. The van der Waals surface area contributed by atoms with Crippen molar-refractivity contribution >= 4 is 17.2 Å². The molecule has 1 aromatic heterocycles. The Morgan fingerprint density at radius 2 is 2.19 bits per heavy atom. The molecule has 1 heterocycles. The molecule has 4 heteroatoms. The number of nitrogens with one attached hydrogen (secondary N) is 1. The standard InChI is InChI=1S/C17H28N2OS/c1-3-12(4-2)16(15-9-6-10-21-15)19-17(20)13-7-5-8-14(18)11-13/h6,9-10,12-14,16H,3-5,7-8,11,18H2,1-2H3,(H,19,20). The van der Waals surface area contributed by atoms with Crippen LogP contribution >= 0.6 is 11.3 Å². The van der Waals surface area contributed by atoms with Gasteiger partial charge in [-0.2, -0.15) is 0 Å². The highest BCUT2D eigenvalue weighted by atomic mass is 32.1. The van der Waals surface area contributed by atoms with Crippen LogP contribution in [0, 0.1) is 11.8 Å². The van der Waals surface area contributed by atoms with Gasteiger partial charge in [0.25, 0.3) is 0 Å². The first-order chi connectivity index (χ1) is 10.2. The van der Waals surface area contributed by atoms with E-state index in [1.165, 1.54) is 4.88 Å². The zero-order valence-corrected chi connectivity index (χ0v) is 14.0. The van der Waals surface area contributed by atoms with Gasteiger partial charge >= 0.3 is 0 Å². The van der Waals surface area contributed by atoms with Gasteiger partial charge in [0.05, 0.1) is 6.04 Å². The lowest BCUT2D eigenvalue weighted by atomic mass is 9.84. The molecule has 118 valence electrons. The molecule has 2 rings (SSSR count). The van der Waals surface area contributed by atoms with Crippen LogP contribution in [0.1, 0.15) is 63.3 Å². The number of carbonyl (C=O) groups excluding carboxylic acids is 1. The van der Waals surface area contributed by atoms with Gasteiger partial charge in [-0.15, -0.1) is 11.3 Å². The SMILES string of the molecule is CCC(CC)C(NC(=O)C1CCCC(N)C1)c1cccs1. The minimum atomic E-state index is 0.102. The van der Waals surface area contributed by atoms with Gasteiger partial charge in [0.1, 0.15) is 0 Å². The molecule has 1 aromatic rings. The first-order valence-corrected chi connectivity index (χ1v) is 9.13. The third-order valence-electron chi connectivity index (χ3n) is 4.75. The second-order valence-electron chi connectivity index (χ2n) is 6.20. The summed E-state index contributed by atoms with van der Waals surface area (Å²) < 4.78 is 0. The molecule has 3 unspecified atom stereocenters. The number of hydrogen-bond donors (Lipinski definition) is 2. The average Bonchev–Trinajstić information content (AvgIpc) is 3.01. The molecule has 1 saturated carbocycles. The van der Waals surface area contributed by atoms with E-state index in [2.05, 4.69) is 36.7 Å². The van der Waals surface area contributed by atoms with Crippen molar-refractivity contribution < 1.29 is 4.79 Å². The molecular weight excluding hydrogens is 280 g/mol. The quantitative estimate of drug-likeness (QED) is 0.838. The predicted octanol–water partition coefficient (Wildman–Crippen LogP) is 3.86. The zero-order chi connectivity index (χ0) is 15.2. The fourth-order valence-electron chi connectivity index (χ4n) is 3.39. The van der Waals surface area contributed by atoms with E-state index < -0.39 is 0 Å². The molecule has 3 atom stereocenters. The molecule has 1 aliphatic carbocycles. The number of amides is 1. The van der Waals surface area contributed by atoms with Crippen molar-refractivity contribution in [3.05, 3.63) is 22.4 Å². The molecule has 0 saturated heterocycles. The molecule has 21 heavy (non-hydrogen) atoms. The van der Waals surface area contributed by atoms with E-state index >= 15 is 0 Å². The smallest absolute Gasteiger partial charge is 0.223 e. The van der Waals surface area contributed by atoms with Crippen molar-refractivity contribution in [2.45, 2.75) is 64.5 Å². The maximum absolute atomic E-state index is 12.6. The Labute approximate surface area is 132 Å². The summed E-state index contributed by atoms with van der Waals surface area (Å²) in [5.41, 5.74) is 6.02. The lowest BCUT2D eigenvalue weighted by molar-refractivity contribution is -0.127. The van der Waals surface area contributed by atoms with Crippen LogP contribution in [0.25, 0.3) is 0 Å². The first-order valence-electron chi connectivity index (χ1n) is 8.25. The lowest BCUT2D eigenvalue weighted by Gasteiger charge is -2.30. The van der Waals surface area contributed by atoms with E-state index in [4.69, 9.17) is 5.73 Å². The van der Waals surface area contributed by atoms with Crippen LogP contribution < -0.4 is 11.1 Å². The summed E-state index contributed by atoms with van der Waals surface area (Å²) in [5, 5.41) is 5.42. The molecule has 0 aromatic carbocycles. The number of carbonyl (C=O) groups is 1. The van der Waals surface area contributed by atoms with E-state index in [0.717, 1.165) is 38.5 Å². The first kappa shape index (κ1) is 16.5. The number of hydrogen-bond acceptors (Lipinski definition) is 3. The van der Waals surface area contributed by atoms with Crippen LogP contribution in [0.5, 0.6) is 0 Å². The van der Waals surface area contributed by atoms with Crippen molar-refractivity contribution in [1.82, 2.24) is 5.32 Å². The zero-order valence-electron chi connectivity index (χ0n) is 13.2. The third kappa shape index (κ3) is 4.30. The Bertz CT molecular complexity index is 428. The van der Waals surface area contributed by atoms with Crippen molar-refractivity contribution in [3.63, 3.8) is 0 Å². The van der Waals surface area contributed by atoms with E-state index in [9.17, 15) is 4.79 Å². The van der Waals surface area contributed by atoms with Gasteiger partial charge < -0.3 is 11.1 Å². The Morgan fingerprint density at radius 1 is 1.43 bits per heavy atom. The largest absolute Gasteiger partial charge is 0.348 e. The monoisotopic (exact) mass is 308 g/mol. The maximum atomic E-state index is 12.6. The lowest BCUT2D eigenvalue weighted by Crippen LogP contribution is -2.41. The Morgan fingerprint density at radius 3 is 2.76 bits per heavy atom. The van der Waals surface area contributed by atoms with Crippen LogP contribution in [-0.2, 0) is 4.79 Å². The minimum Gasteiger partial charge on any atom is -0.348 e. The highest BCUT2D eigenvalue weighted by Gasteiger charge is 2.29. The van der Waals surface area contributed by atoms with Crippen LogP contribution in [0.3, 0.4) is 0 Å². The van der Waals surface area contributed by atoms with Gasteiger partial charge in [0.15, 0.2) is 0 Å². The Kier molecular flexibility index (Phi) is 6.24. The van der Waals surface area contributed by atoms with Crippen molar-refractivity contribution in [3.8, 4) is 0 Å². The predicted molar refractivity (Wildman–Crippen MR) is 89.2 cm³/mol. The summed E-state index contributed by atoms with van der Waals surface area (Å²) in [6.07, 6.45) is 6.14. The second kappa shape index (κ2) is 7.95. The summed E-state index contributed by atoms with van der Waals surface area (Å²) in [6, 6.07) is 4.56. The van der Waals surface area contributed by atoms with E-state index in [1.54, 1.807) is 11.3 Å². The van der Waals surface area contributed by atoms with E-state index in [-0.39, 0.29) is 23.9 Å². The molecule has 0 bridgehead atoms. The molecular formula is C17H28N2OS. The molecule has 1 aliphatic rings. The topological polar surface area (TPSA) is 55.1 Å². The fraction of sp³-hybridized carbons (Fsp3) is 0.706. The second-order valence-corrected chi connectivity index (χ2v) is 7.18. The molecule has 0 aliphatic heterocycles. The average molecular weight is 308 g/mol. The van der Waals surface area contributed by atoms with E-state index in [1.807, 2.05) is 0 Å². The van der Waals surface area contributed by atoms with Crippen LogP contribution in [0.15, 0.2) is 17.5 Å². The van der Waals surface area contributed by atoms with Crippen LogP contribution in [0.4, 0.5) is 0 Å². The normalized spacial score (nSPS) is 24.0. The summed E-state index contributed by atoms with van der Waals surface area (Å²) in [6.45, 7) is 4.41. The van der Waals surface area contributed by atoms with Crippen LogP contribution in [-0.4, -0.2) is 11.9 Å². The van der Waals surface area contributed by atoms with Gasteiger partial charge in [-0.05, 0) is 36.6 Å². The molecule has 3 nitrogen and oxygen atoms in total. The molecule has 3 N–H and O–H groups in total. The van der Waals surface area contributed by atoms with Gasteiger partial charge in [0.2, 0.25) is 5.91 Å². The van der Waals surface area contributed by atoms with Gasteiger partial charge in [0, 0.05) is 16.8 Å². The van der Waals surface area contributed by atoms with Gasteiger partial charge in [-0.25, -0.2) is 0 Å². The Balaban J connectivity index is 2.06. The number of rotatable bonds is 6. The highest BCUT2D eigenvalue weighted by Crippen LogP contribution is 2.32. The summed E-state index contributed by atoms with van der Waals surface area (Å²) >= 11 is 1.74. The van der Waals surface area contributed by atoms with Crippen molar-refractivity contribution in [2.75, 3.05) is 0 Å². The molecule has 1 amide bonds. The third-order valence-corrected chi connectivity index (χ3v) is 5.71. The van der Waals surface area contributed by atoms with Gasteiger partial charge in [-0.3, -0.25) is 4.79 Å². The number of thiophene rings is 1. The molecule has 1 fully saturated rings. The minimum absolute atomic E-state index is 0.102. The van der Waals surface area contributed by atoms with E-state index in [0.29, 0.717) is 5.92 Å². The summed E-state index contributed by atoms with van der Waals surface area (Å²) in [4.78, 5) is 13.9. The molecule has 0 spiro atoms. The van der Waals surface area contributed by atoms with Gasteiger partial charge in [-0.1, -0.05) is 39.2 Å². The Hall–Kier alpha value is -0.870. The fourth-order valence-corrected chi connectivity index (χ4v) is 4.26. The maximum Gasteiger partial charge on any atom is 0.223 e. The van der Waals surface area contributed by atoms with Crippen LogP contribution in [0.2, 0.25) is 0 Å². The van der Waals surface area contributed by atoms with Crippen molar-refractivity contribution in [2.24, 2.45) is 17.6 Å². The summed E-state index contributed by atoms with van der Waals surface area (Å²) in [5.74, 6) is 0.811.